The zero-order valence-electron chi connectivity index (χ0n) is 16.2. The van der Waals surface area contributed by atoms with E-state index in [1.807, 2.05) is 0 Å². The Hall–Kier alpha value is -2.90. The summed E-state index contributed by atoms with van der Waals surface area (Å²) in [6.45, 7) is 0.214. The van der Waals surface area contributed by atoms with Crippen molar-refractivity contribution in [3.8, 4) is 5.75 Å². The first-order valence-corrected chi connectivity index (χ1v) is 10.2. The van der Waals surface area contributed by atoms with Crippen molar-refractivity contribution in [3.63, 3.8) is 0 Å². The number of amides is 4. The number of piperidine rings is 1. The zero-order chi connectivity index (χ0) is 20.4. The van der Waals surface area contributed by atoms with E-state index in [1.54, 1.807) is 18.2 Å². The highest BCUT2D eigenvalue weighted by atomic mass is 16.5. The molecule has 0 bridgehead atoms. The van der Waals surface area contributed by atoms with Gasteiger partial charge in [-0.1, -0.05) is 19.3 Å². The van der Waals surface area contributed by atoms with Crippen molar-refractivity contribution in [2.45, 2.75) is 63.6 Å². The number of hydrogen-bond acceptors (Lipinski definition) is 5. The first-order valence-electron chi connectivity index (χ1n) is 10.2. The summed E-state index contributed by atoms with van der Waals surface area (Å²) in [7, 11) is 0. The quantitative estimate of drug-likeness (QED) is 0.726. The van der Waals surface area contributed by atoms with E-state index in [4.69, 9.17) is 4.74 Å². The van der Waals surface area contributed by atoms with Gasteiger partial charge in [-0.2, -0.15) is 0 Å². The van der Waals surface area contributed by atoms with Crippen LogP contribution in [0.25, 0.3) is 0 Å². The number of benzene rings is 1. The Morgan fingerprint density at radius 2 is 1.93 bits per heavy atom. The average Bonchev–Trinajstić information content (AvgIpc) is 3.03. The van der Waals surface area contributed by atoms with Crippen LogP contribution in [0.3, 0.4) is 0 Å². The molecule has 8 heteroatoms. The Morgan fingerprint density at radius 1 is 1.14 bits per heavy atom. The van der Waals surface area contributed by atoms with Crippen molar-refractivity contribution in [2.75, 3.05) is 6.61 Å². The predicted molar refractivity (Wildman–Crippen MR) is 103 cm³/mol. The number of imide groups is 1. The van der Waals surface area contributed by atoms with Crippen LogP contribution >= 0.6 is 0 Å². The molecule has 0 aromatic heterocycles. The minimum absolute atomic E-state index is 0.0694. The molecule has 29 heavy (non-hydrogen) atoms. The lowest BCUT2D eigenvalue weighted by atomic mass is 9.95. The van der Waals surface area contributed by atoms with E-state index >= 15 is 0 Å². The summed E-state index contributed by atoms with van der Waals surface area (Å²) in [5, 5.41) is 5.30. The van der Waals surface area contributed by atoms with Crippen LogP contribution in [-0.2, 0) is 20.9 Å². The van der Waals surface area contributed by atoms with Gasteiger partial charge in [0, 0.05) is 24.6 Å². The first-order chi connectivity index (χ1) is 14.0. The smallest absolute Gasteiger partial charge is 0.258 e. The van der Waals surface area contributed by atoms with Crippen LogP contribution in [0.5, 0.6) is 5.75 Å². The molecule has 1 saturated heterocycles. The molecule has 1 atom stereocenters. The maximum Gasteiger partial charge on any atom is 0.258 e. The monoisotopic (exact) mass is 399 g/mol. The molecule has 4 rings (SSSR count). The second kappa shape index (κ2) is 8.23. The molecule has 2 fully saturated rings. The van der Waals surface area contributed by atoms with Gasteiger partial charge < -0.3 is 15.0 Å². The van der Waals surface area contributed by atoms with Gasteiger partial charge in [0.15, 0.2) is 6.61 Å². The molecule has 4 amide bonds. The summed E-state index contributed by atoms with van der Waals surface area (Å²) in [6.07, 6.45) is 6.11. The Kier molecular flexibility index (Phi) is 5.51. The van der Waals surface area contributed by atoms with Gasteiger partial charge in [-0.05, 0) is 43.0 Å². The fourth-order valence-corrected chi connectivity index (χ4v) is 4.31. The summed E-state index contributed by atoms with van der Waals surface area (Å²) >= 11 is 0. The van der Waals surface area contributed by atoms with Crippen LogP contribution in [0, 0.1) is 0 Å². The van der Waals surface area contributed by atoms with Crippen LogP contribution < -0.4 is 15.4 Å². The minimum Gasteiger partial charge on any atom is -0.484 e. The molecular weight excluding hydrogens is 374 g/mol. The summed E-state index contributed by atoms with van der Waals surface area (Å²) in [6, 6.07) is 4.67. The van der Waals surface area contributed by atoms with E-state index < -0.39 is 11.9 Å². The molecule has 3 aliphatic rings. The lowest BCUT2D eigenvalue weighted by Gasteiger charge is -2.29. The molecule has 154 valence electrons. The Balaban J connectivity index is 1.35. The summed E-state index contributed by atoms with van der Waals surface area (Å²) < 4.78 is 5.62. The summed E-state index contributed by atoms with van der Waals surface area (Å²) in [5.74, 6) is -0.592. The molecule has 2 aliphatic heterocycles. The van der Waals surface area contributed by atoms with Crippen molar-refractivity contribution in [2.24, 2.45) is 0 Å². The van der Waals surface area contributed by atoms with Gasteiger partial charge in [0.05, 0.1) is 0 Å². The van der Waals surface area contributed by atoms with Gasteiger partial charge in [-0.15, -0.1) is 0 Å². The van der Waals surface area contributed by atoms with Crippen LogP contribution in [-0.4, -0.2) is 47.2 Å². The second-order valence-electron chi connectivity index (χ2n) is 7.91. The number of ether oxygens (including phenoxy) is 1. The van der Waals surface area contributed by atoms with E-state index in [0.717, 1.165) is 31.2 Å². The number of fused-ring (bicyclic) bond motifs is 1. The topological polar surface area (TPSA) is 105 Å². The SMILES string of the molecule is O=C1CCC(N2Cc3cc(OCC(=O)NC4CCCCC4)ccc3C2=O)C(=O)N1. The fraction of sp³-hybridized carbons (Fsp3) is 0.524. The Bertz CT molecular complexity index is 847. The molecule has 1 saturated carbocycles. The van der Waals surface area contributed by atoms with Crippen molar-refractivity contribution < 1.29 is 23.9 Å². The maximum absolute atomic E-state index is 12.7. The molecule has 1 aromatic carbocycles. The number of carbonyl (C=O) groups is 4. The van der Waals surface area contributed by atoms with Crippen LogP contribution in [0.4, 0.5) is 0 Å². The molecule has 8 nitrogen and oxygen atoms in total. The summed E-state index contributed by atoms with van der Waals surface area (Å²) in [4.78, 5) is 49.7. The van der Waals surface area contributed by atoms with Crippen LogP contribution in [0.15, 0.2) is 18.2 Å². The van der Waals surface area contributed by atoms with Gasteiger partial charge in [0.25, 0.3) is 11.8 Å². The van der Waals surface area contributed by atoms with E-state index in [-0.39, 0.29) is 43.3 Å². The fourth-order valence-electron chi connectivity index (χ4n) is 4.31. The van der Waals surface area contributed by atoms with Gasteiger partial charge in [-0.3, -0.25) is 24.5 Å². The molecule has 1 unspecified atom stereocenters. The lowest BCUT2D eigenvalue weighted by molar-refractivity contribution is -0.137. The normalized spacial score (nSPS) is 22.3. The van der Waals surface area contributed by atoms with Crippen LogP contribution in [0.2, 0.25) is 0 Å². The first kappa shape index (κ1) is 19.4. The van der Waals surface area contributed by atoms with Gasteiger partial charge in [-0.25, -0.2) is 0 Å². The van der Waals surface area contributed by atoms with Crippen molar-refractivity contribution in [3.05, 3.63) is 29.3 Å². The van der Waals surface area contributed by atoms with Crippen molar-refractivity contribution >= 4 is 23.6 Å². The van der Waals surface area contributed by atoms with E-state index in [2.05, 4.69) is 10.6 Å². The number of rotatable bonds is 5. The number of carbonyl (C=O) groups excluding carboxylic acids is 4. The highest BCUT2D eigenvalue weighted by Gasteiger charge is 2.39. The number of nitrogens with zero attached hydrogens (tertiary/aromatic N) is 1. The molecule has 2 heterocycles. The van der Waals surface area contributed by atoms with Gasteiger partial charge >= 0.3 is 0 Å². The van der Waals surface area contributed by atoms with E-state index in [0.29, 0.717) is 17.7 Å². The highest BCUT2D eigenvalue weighted by Crippen LogP contribution is 2.30. The largest absolute Gasteiger partial charge is 0.484 e. The van der Waals surface area contributed by atoms with Crippen LogP contribution in [0.1, 0.15) is 60.9 Å². The standard InChI is InChI=1S/C21H25N3O5/c25-18-9-8-17(20(27)23-18)24-11-13-10-15(6-7-16(13)21(24)28)29-12-19(26)22-14-4-2-1-3-5-14/h6-7,10,14,17H,1-5,8-9,11-12H2,(H,22,26)(H,23,25,27). The zero-order valence-corrected chi connectivity index (χ0v) is 16.2. The predicted octanol–water partition coefficient (Wildman–Crippen LogP) is 1.28. The highest BCUT2D eigenvalue weighted by molar-refractivity contribution is 6.05. The number of hydrogen-bond donors (Lipinski definition) is 2. The van der Waals surface area contributed by atoms with Gasteiger partial charge in [0.2, 0.25) is 11.8 Å². The Labute approximate surface area is 169 Å². The number of nitrogens with one attached hydrogen (secondary N) is 2. The summed E-state index contributed by atoms with van der Waals surface area (Å²) in [5.41, 5.74) is 1.28. The maximum atomic E-state index is 12.7. The third-order valence-electron chi connectivity index (χ3n) is 5.84. The van der Waals surface area contributed by atoms with E-state index in [9.17, 15) is 19.2 Å². The average molecular weight is 399 g/mol. The molecule has 1 aliphatic carbocycles. The molecule has 2 N–H and O–H groups in total. The third-order valence-corrected chi connectivity index (χ3v) is 5.84. The molecule has 1 aromatic rings. The minimum atomic E-state index is -0.641. The van der Waals surface area contributed by atoms with Crippen molar-refractivity contribution in [1.29, 1.82) is 0 Å². The second-order valence-corrected chi connectivity index (χ2v) is 7.91. The lowest BCUT2D eigenvalue weighted by Crippen LogP contribution is -2.52. The van der Waals surface area contributed by atoms with Crippen molar-refractivity contribution in [1.82, 2.24) is 15.5 Å². The van der Waals surface area contributed by atoms with E-state index in [1.165, 1.54) is 11.3 Å². The molecule has 0 radical (unpaired) electrons. The van der Waals surface area contributed by atoms with Gasteiger partial charge in [0.1, 0.15) is 11.8 Å². The molecular formula is C21H25N3O5. The molecule has 0 spiro atoms. The third kappa shape index (κ3) is 4.26. The Morgan fingerprint density at radius 3 is 2.69 bits per heavy atom.